The lowest BCUT2D eigenvalue weighted by Gasteiger charge is -2.53. The first-order valence-electron chi connectivity index (χ1n) is 17.0. The number of amides is 2. The summed E-state index contributed by atoms with van der Waals surface area (Å²) in [5.41, 5.74) is 10.3. The van der Waals surface area contributed by atoms with E-state index >= 15 is 0 Å². The molecular formula is C40H36FN5O5. The van der Waals surface area contributed by atoms with Crippen molar-refractivity contribution in [2.45, 2.75) is 26.2 Å². The highest BCUT2D eigenvalue weighted by Crippen LogP contribution is 2.43. The summed E-state index contributed by atoms with van der Waals surface area (Å²) in [5.74, 6) is -0.472. The number of furan rings is 1. The number of aromatic nitrogens is 1. The average Bonchev–Trinajstić information content (AvgIpc) is 3.49. The fourth-order valence-corrected chi connectivity index (χ4v) is 7.33. The van der Waals surface area contributed by atoms with Crippen LogP contribution in [0.2, 0.25) is 0 Å². The average molecular weight is 686 g/mol. The SMILES string of the molecule is Cc1ccc(C(=O)Nc2ccc(C(=O)N3CCc4cc(C(=O)c5cccc(F)c5N)oc4-c4ccccc43)cc2)c(N2CC3(CCOCC3)C2)n1. The molecule has 2 aromatic heterocycles. The third-order valence-electron chi connectivity index (χ3n) is 10.2. The maximum atomic E-state index is 14.1. The van der Waals surface area contributed by atoms with Gasteiger partial charge in [-0.2, -0.15) is 0 Å². The van der Waals surface area contributed by atoms with E-state index in [0.717, 1.165) is 50.4 Å². The van der Waals surface area contributed by atoms with Crippen LogP contribution in [0.1, 0.15) is 60.9 Å². The number of carbonyl (C=O) groups excluding carboxylic acids is 3. The van der Waals surface area contributed by atoms with Crippen molar-refractivity contribution in [2.75, 3.05) is 53.7 Å². The number of carbonyl (C=O) groups is 3. The molecule has 0 saturated carbocycles. The van der Waals surface area contributed by atoms with Gasteiger partial charge in [0.2, 0.25) is 5.78 Å². The Balaban J connectivity index is 0.990. The molecular weight excluding hydrogens is 649 g/mol. The number of nitrogens with one attached hydrogen (secondary N) is 1. The van der Waals surface area contributed by atoms with Crippen molar-refractivity contribution >= 4 is 40.5 Å². The number of hydrogen-bond donors (Lipinski definition) is 2. The molecule has 5 aromatic rings. The van der Waals surface area contributed by atoms with Gasteiger partial charge in [0.05, 0.1) is 22.5 Å². The maximum Gasteiger partial charge on any atom is 0.259 e. The van der Waals surface area contributed by atoms with Gasteiger partial charge in [-0.05, 0) is 92.9 Å². The molecule has 3 aromatic carbocycles. The zero-order valence-corrected chi connectivity index (χ0v) is 28.1. The summed E-state index contributed by atoms with van der Waals surface area (Å²) in [6, 6.07) is 23.6. The van der Waals surface area contributed by atoms with Crippen molar-refractivity contribution in [3.8, 4) is 11.3 Å². The van der Waals surface area contributed by atoms with E-state index in [2.05, 4.69) is 10.2 Å². The summed E-state index contributed by atoms with van der Waals surface area (Å²) in [6.45, 7) is 5.50. The quantitative estimate of drug-likeness (QED) is 0.150. The molecule has 2 saturated heterocycles. The summed E-state index contributed by atoms with van der Waals surface area (Å²) in [5, 5.41) is 2.99. The minimum Gasteiger partial charge on any atom is -0.452 e. The van der Waals surface area contributed by atoms with E-state index in [1.807, 2.05) is 43.3 Å². The number of para-hydroxylation sites is 2. The number of nitrogens with zero attached hydrogens (tertiary/aromatic N) is 3. The molecule has 51 heavy (non-hydrogen) atoms. The molecule has 11 heteroatoms. The van der Waals surface area contributed by atoms with Gasteiger partial charge in [0, 0.05) is 66.3 Å². The highest BCUT2D eigenvalue weighted by atomic mass is 19.1. The van der Waals surface area contributed by atoms with Crippen LogP contribution < -0.4 is 20.9 Å². The standard InChI is InChI=1S/C40H36FN5O5/c1-24-9-14-30(37(43-24)45-22-40(23-45)16-19-50-20-17-40)38(48)44-27-12-10-25(11-13-27)39(49)46-18-15-26-21-33(35(47)29-6-4-7-31(41)34(29)42)51-36(26)28-5-2-3-8-32(28)46/h2-14,21H,15-20,22-23,42H2,1H3,(H,44,48). The smallest absolute Gasteiger partial charge is 0.259 e. The fourth-order valence-electron chi connectivity index (χ4n) is 7.33. The summed E-state index contributed by atoms with van der Waals surface area (Å²) in [7, 11) is 0. The molecule has 2 amide bonds. The zero-order valence-electron chi connectivity index (χ0n) is 28.1. The number of benzene rings is 3. The molecule has 8 rings (SSSR count). The molecule has 5 heterocycles. The van der Waals surface area contributed by atoms with E-state index in [1.165, 1.54) is 18.2 Å². The Labute approximate surface area is 294 Å². The second kappa shape index (κ2) is 12.8. The summed E-state index contributed by atoms with van der Waals surface area (Å²) >= 11 is 0. The maximum absolute atomic E-state index is 14.1. The van der Waals surface area contributed by atoms with Crippen LogP contribution in [0.25, 0.3) is 11.3 Å². The lowest BCUT2D eigenvalue weighted by molar-refractivity contribution is -0.000519. The number of nitrogens with two attached hydrogens (primary N) is 1. The van der Waals surface area contributed by atoms with Crippen LogP contribution in [0.3, 0.4) is 0 Å². The molecule has 3 aliphatic heterocycles. The Morgan fingerprint density at radius 3 is 2.47 bits per heavy atom. The first kappa shape index (κ1) is 32.4. The van der Waals surface area contributed by atoms with Crippen LogP contribution in [0.15, 0.2) is 89.3 Å². The van der Waals surface area contributed by atoms with Crippen LogP contribution >= 0.6 is 0 Å². The molecule has 10 nitrogen and oxygen atoms in total. The van der Waals surface area contributed by atoms with E-state index in [-0.39, 0.29) is 34.2 Å². The molecule has 2 fully saturated rings. The van der Waals surface area contributed by atoms with Gasteiger partial charge < -0.3 is 30.0 Å². The molecule has 0 unspecified atom stereocenters. The number of aryl methyl sites for hydroxylation is 1. The van der Waals surface area contributed by atoms with Crippen LogP contribution in [0.5, 0.6) is 0 Å². The molecule has 3 aliphatic rings. The first-order chi connectivity index (χ1) is 24.7. The van der Waals surface area contributed by atoms with E-state index in [1.54, 1.807) is 35.2 Å². The fraction of sp³-hybridized carbons (Fsp3) is 0.250. The van der Waals surface area contributed by atoms with Crippen molar-refractivity contribution in [3.63, 3.8) is 0 Å². The number of ketones is 1. The van der Waals surface area contributed by atoms with Gasteiger partial charge >= 0.3 is 0 Å². The number of pyridine rings is 1. The summed E-state index contributed by atoms with van der Waals surface area (Å²) in [4.78, 5) is 49.4. The number of ether oxygens (including phenoxy) is 1. The van der Waals surface area contributed by atoms with E-state index < -0.39 is 11.6 Å². The predicted octanol–water partition coefficient (Wildman–Crippen LogP) is 6.67. The third kappa shape index (κ3) is 5.93. The Morgan fingerprint density at radius 1 is 0.922 bits per heavy atom. The lowest BCUT2D eigenvalue weighted by atomic mass is 9.73. The monoisotopic (exact) mass is 685 g/mol. The zero-order chi connectivity index (χ0) is 35.3. The molecule has 0 atom stereocenters. The minimum atomic E-state index is -0.674. The van der Waals surface area contributed by atoms with Crippen molar-refractivity contribution in [2.24, 2.45) is 5.41 Å². The van der Waals surface area contributed by atoms with Crippen molar-refractivity contribution < 1.29 is 27.9 Å². The highest BCUT2D eigenvalue weighted by molar-refractivity contribution is 6.12. The normalized spacial score (nSPS) is 16.1. The van der Waals surface area contributed by atoms with Crippen LogP contribution in [0, 0.1) is 18.2 Å². The van der Waals surface area contributed by atoms with Gasteiger partial charge in [0.25, 0.3) is 11.8 Å². The molecule has 258 valence electrons. The molecule has 0 aliphatic carbocycles. The third-order valence-corrected chi connectivity index (χ3v) is 10.2. The van der Waals surface area contributed by atoms with Crippen molar-refractivity contribution in [3.05, 3.63) is 124 Å². The number of halogens is 1. The Morgan fingerprint density at radius 2 is 1.69 bits per heavy atom. The van der Waals surface area contributed by atoms with E-state index in [0.29, 0.717) is 52.6 Å². The van der Waals surface area contributed by atoms with Gasteiger partial charge in [0.15, 0.2) is 5.76 Å². The minimum absolute atomic E-state index is 0.0271. The van der Waals surface area contributed by atoms with Crippen LogP contribution in [-0.2, 0) is 11.2 Å². The molecule has 1 spiro atoms. The first-order valence-corrected chi connectivity index (χ1v) is 17.0. The Hall–Kier alpha value is -5.81. The predicted molar refractivity (Wildman–Crippen MR) is 192 cm³/mol. The number of rotatable bonds is 6. The molecule has 0 bridgehead atoms. The van der Waals surface area contributed by atoms with Gasteiger partial charge in [-0.3, -0.25) is 14.4 Å². The number of hydrogen-bond acceptors (Lipinski definition) is 8. The second-order valence-corrected chi connectivity index (χ2v) is 13.5. The van der Waals surface area contributed by atoms with Gasteiger partial charge in [0.1, 0.15) is 17.4 Å². The second-order valence-electron chi connectivity index (χ2n) is 13.5. The van der Waals surface area contributed by atoms with E-state index in [9.17, 15) is 18.8 Å². The lowest BCUT2D eigenvalue weighted by Crippen LogP contribution is -2.59. The van der Waals surface area contributed by atoms with Gasteiger partial charge in [-0.25, -0.2) is 9.37 Å². The molecule has 0 radical (unpaired) electrons. The largest absolute Gasteiger partial charge is 0.452 e. The van der Waals surface area contributed by atoms with Gasteiger partial charge in [-0.1, -0.05) is 18.2 Å². The topological polar surface area (TPSA) is 131 Å². The molecule has 3 N–H and O–H groups in total. The van der Waals surface area contributed by atoms with Crippen LogP contribution in [0.4, 0.5) is 27.3 Å². The number of anilines is 4. The highest BCUT2D eigenvalue weighted by Gasteiger charge is 2.45. The van der Waals surface area contributed by atoms with E-state index in [4.69, 9.17) is 19.9 Å². The van der Waals surface area contributed by atoms with Crippen molar-refractivity contribution in [1.29, 1.82) is 0 Å². The summed E-state index contributed by atoms with van der Waals surface area (Å²) < 4.78 is 25.7. The number of nitrogen functional groups attached to an aromatic ring is 1. The summed E-state index contributed by atoms with van der Waals surface area (Å²) in [6.07, 6.45) is 2.45. The Bertz CT molecular complexity index is 2180. The van der Waals surface area contributed by atoms with Gasteiger partial charge in [-0.15, -0.1) is 0 Å². The van der Waals surface area contributed by atoms with Crippen molar-refractivity contribution in [1.82, 2.24) is 4.98 Å². The van der Waals surface area contributed by atoms with Crippen LogP contribution in [-0.4, -0.2) is 55.4 Å². The number of fused-ring (bicyclic) bond motifs is 3. The Kier molecular flexibility index (Phi) is 8.14.